The Morgan fingerprint density at radius 2 is 1.14 bits per heavy atom. The molecule has 34 valence electrons. The minimum Gasteiger partial charge on any atom is -1.00 e. The van der Waals surface area contributed by atoms with Crippen LogP contribution in [0.15, 0.2) is 0 Å². The molecule has 7 heavy (non-hydrogen) atoms. The second kappa shape index (κ2) is 39.3. The van der Waals surface area contributed by atoms with Crippen molar-refractivity contribution in [2.24, 2.45) is 0 Å². The molecule has 0 bridgehead atoms. The molecular formula is H9AgCdGaGeKNaTl. The normalized spacial score (nSPS) is 0. The van der Waals surface area contributed by atoms with E-state index < -0.39 is 0 Å². The van der Waals surface area contributed by atoms with E-state index >= 15 is 0 Å². The molecule has 0 aromatic rings. The van der Waals surface area contributed by atoms with Crippen molar-refractivity contribution in [3.05, 3.63) is 0 Å². The molecule has 0 aliphatic carbocycles. The molecule has 2 radical (unpaired) electrons. The molecule has 0 rings (SSSR count). The number of rotatable bonds is 0. The zero-order valence-electron chi connectivity index (χ0n) is 5.59. The molecule has 0 atom stereocenters. The maximum atomic E-state index is 0. The van der Waals surface area contributed by atoms with Gasteiger partial charge in [0, 0.05) is 77.0 Å². The maximum absolute atomic E-state index is 0. The van der Waals surface area contributed by atoms with Crippen LogP contribution < -0.4 is 80.9 Å². The molecule has 0 unspecified atom stereocenters. The number of hydrogen-bond acceptors (Lipinski definition) is 0. The fraction of sp³-hybridized carbons (Fsp3) is 0. The third-order valence-corrected chi connectivity index (χ3v) is 0. The van der Waals surface area contributed by atoms with Gasteiger partial charge in [0.25, 0.3) is 0 Å². The van der Waals surface area contributed by atoms with E-state index in [-0.39, 0.29) is 198 Å². The Hall–Kier alpha value is 6.40. The summed E-state index contributed by atoms with van der Waals surface area (Å²) in [4.78, 5) is 0. The molecular weight excluding hydrogens is 629 g/mol. The van der Waals surface area contributed by atoms with Gasteiger partial charge in [0.2, 0.25) is 0 Å². The average molecular weight is 638 g/mol. The van der Waals surface area contributed by atoms with E-state index in [0.717, 1.165) is 0 Å². The summed E-state index contributed by atoms with van der Waals surface area (Å²) in [5.41, 5.74) is 0. The summed E-state index contributed by atoms with van der Waals surface area (Å²) in [7, 11) is 0. The minimum absolute atomic E-state index is 0. The van der Waals surface area contributed by atoms with E-state index in [0.29, 0.717) is 0 Å². The Morgan fingerprint density at radius 3 is 1.14 bits per heavy atom. The van der Waals surface area contributed by atoms with Gasteiger partial charge in [-0.05, 0) is 0 Å². The van der Waals surface area contributed by atoms with Crippen molar-refractivity contribution < 1.29 is 133 Å². The van der Waals surface area contributed by atoms with Crippen LogP contribution in [-0.4, -0.2) is 64.7 Å². The first-order chi connectivity index (χ1) is 0. The van der Waals surface area contributed by atoms with Crippen LogP contribution in [0, 0.1) is 0 Å². The van der Waals surface area contributed by atoms with Crippen LogP contribution in [0.1, 0.15) is 2.85 Å². The summed E-state index contributed by atoms with van der Waals surface area (Å²) in [5, 5.41) is 0. The largest absolute Gasteiger partial charge is 1.00 e. The molecule has 0 heterocycles. The van der Waals surface area contributed by atoms with Crippen LogP contribution in [0.2, 0.25) is 0 Å². The van der Waals surface area contributed by atoms with Gasteiger partial charge in [0.1, 0.15) is 0 Å². The Morgan fingerprint density at radius 1 is 1.14 bits per heavy atom. The van der Waals surface area contributed by atoms with Crippen molar-refractivity contribution in [3.63, 3.8) is 0 Å². The van der Waals surface area contributed by atoms with Crippen molar-refractivity contribution in [1.29, 1.82) is 0 Å². The third-order valence-electron chi connectivity index (χ3n) is 0. The minimum atomic E-state index is 0. The zero-order chi connectivity index (χ0) is 0. The topological polar surface area (TPSA) is 0 Å². The second-order valence-corrected chi connectivity index (χ2v) is 0. The molecule has 7 heteroatoms. The molecule has 0 nitrogen and oxygen atoms in total. The fourth-order valence-electron chi connectivity index (χ4n) is 0. The van der Waals surface area contributed by atoms with Gasteiger partial charge in [-0.3, -0.25) is 0 Å². The summed E-state index contributed by atoms with van der Waals surface area (Å²) in [6.07, 6.45) is 0. The standard InChI is InChI=1S/Ag.Cd.Ga.GeH4.K.Na.Tl.5H/h;;;1H4;;;;;;;;/q;;;;2*+1;;;;;2*-1. The first-order valence-electron chi connectivity index (χ1n) is 0. The monoisotopic (exact) mass is 640 g/mol. The van der Waals surface area contributed by atoms with E-state index in [4.69, 9.17) is 0 Å². The molecule has 0 aliphatic heterocycles. The van der Waals surface area contributed by atoms with Gasteiger partial charge >= 0.3 is 118 Å². The zero-order valence-corrected chi connectivity index (χ0v) is 18.7. The average Bonchev–Trinajstić information content (AvgIpc) is 0. The van der Waals surface area contributed by atoms with Crippen LogP contribution in [0.3, 0.4) is 0 Å². The van der Waals surface area contributed by atoms with Crippen molar-refractivity contribution in [2.45, 2.75) is 0 Å². The summed E-state index contributed by atoms with van der Waals surface area (Å²) in [6.45, 7) is 0. The van der Waals surface area contributed by atoms with Crippen LogP contribution in [0.25, 0.3) is 0 Å². The van der Waals surface area contributed by atoms with Crippen molar-refractivity contribution in [1.82, 2.24) is 0 Å². The Balaban J connectivity index is 0. The summed E-state index contributed by atoms with van der Waals surface area (Å²) in [6, 6.07) is 0. The fourth-order valence-corrected chi connectivity index (χ4v) is 0. The predicted octanol–water partition coefficient (Wildman–Crippen LogP) is -8.79. The van der Waals surface area contributed by atoms with Crippen LogP contribution in [0.4, 0.5) is 0 Å². The predicted molar refractivity (Wildman–Crippen MR) is 29.3 cm³/mol. The molecule has 0 aromatic carbocycles. The molecule has 0 aromatic heterocycles. The molecule has 0 fully saturated rings. The van der Waals surface area contributed by atoms with E-state index in [1.54, 1.807) is 0 Å². The molecule has 0 saturated heterocycles. The van der Waals surface area contributed by atoms with Crippen molar-refractivity contribution >= 4 is 64.7 Å². The Kier molecular flexibility index (Phi) is 283. The van der Waals surface area contributed by atoms with Gasteiger partial charge in [0.15, 0.2) is 0 Å². The summed E-state index contributed by atoms with van der Waals surface area (Å²) in [5.74, 6) is 0. The maximum Gasteiger partial charge on any atom is 1.00 e. The Labute approximate surface area is 192 Å². The molecule has 0 amide bonds. The first-order valence-corrected chi connectivity index (χ1v) is 0. The SMILES string of the molecule is [Ag].[Cd].[GaH3].[GeH4].[H-].[H-].[K+].[Na+].[Tl]. The van der Waals surface area contributed by atoms with Crippen molar-refractivity contribution in [3.8, 4) is 0 Å². The van der Waals surface area contributed by atoms with Gasteiger partial charge in [0.05, 0.1) is 0 Å². The van der Waals surface area contributed by atoms with E-state index in [1.165, 1.54) is 0 Å². The molecule has 0 aliphatic rings. The van der Waals surface area contributed by atoms with Gasteiger partial charge < -0.3 is 2.85 Å². The van der Waals surface area contributed by atoms with Crippen molar-refractivity contribution in [2.75, 3.05) is 0 Å². The molecule has 0 saturated carbocycles. The smallest absolute Gasteiger partial charge is 1.00 e. The Bertz CT molecular complexity index is 26.5. The van der Waals surface area contributed by atoms with Gasteiger partial charge in [-0.1, -0.05) is 0 Å². The summed E-state index contributed by atoms with van der Waals surface area (Å²) < 4.78 is 0. The number of hydrogen-bond donors (Lipinski definition) is 0. The second-order valence-electron chi connectivity index (χ2n) is 0. The van der Waals surface area contributed by atoms with Crippen LogP contribution in [0.5, 0.6) is 0 Å². The first kappa shape index (κ1) is 50.3. The molecule has 0 spiro atoms. The van der Waals surface area contributed by atoms with Gasteiger partial charge in [-0.2, -0.15) is 0 Å². The van der Waals surface area contributed by atoms with E-state index in [1.807, 2.05) is 0 Å². The third kappa shape index (κ3) is 32.7. The van der Waals surface area contributed by atoms with Gasteiger partial charge in [-0.25, -0.2) is 0 Å². The summed E-state index contributed by atoms with van der Waals surface area (Å²) >= 11 is 0. The van der Waals surface area contributed by atoms with Crippen LogP contribution >= 0.6 is 0 Å². The van der Waals surface area contributed by atoms with E-state index in [2.05, 4.69) is 0 Å². The molecule has 0 N–H and O–H groups in total. The van der Waals surface area contributed by atoms with Crippen LogP contribution in [-0.2, 0) is 49.7 Å². The van der Waals surface area contributed by atoms with Gasteiger partial charge in [-0.15, -0.1) is 0 Å². The quantitative estimate of drug-likeness (QED) is 0.232. The van der Waals surface area contributed by atoms with E-state index in [9.17, 15) is 0 Å².